The van der Waals surface area contributed by atoms with E-state index in [0.29, 0.717) is 6.54 Å². The zero-order valence-electron chi connectivity index (χ0n) is 10.9. The number of urea groups is 2. The van der Waals surface area contributed by atoms with Gasteiger partial charge in [-0.05, 0) is 6.42 Å². The molecular formula is C12H22N4O2. The molecule has 0 radical (unpaired) electrons. The molecule has 0 bridgehead atoms. The molecule has 3 N–H and O–H groups in total. The highest BCUT2D eigenvalue weighted by atomic mass is 16.2. The van der Waals surface area contributed by atoms with E-state index in [-0.39, 0.29) is 24.4 Å². The molecule has 2 unspecified atom stereocenters. The summed E-state index contributed by atoms with van der Waals surface area (Å²) in [6.07, 6.45) is 6.67. The van der Waals surface area contributed by atoms with Gasteiger partial charge in [-0.15, -0.1) is 0 Å². The minimum Gasteiger partial charge on any atom is -0.314 e. The van der Waals surface area contributed by atoms with E-state index in [1.165, 1.54) is 25.7 Å². The number of fused-ring (bicyclic) bond motifs is 1. The Hall–Kier alpha value is -1.46. The van der Waals surface area contributed by atoms with Crippen LogP contribution in [-0.2, 0) is 0 Å². The van der Waals surface area contributed by atoms with Gasteiger partial charge in [0.05, 0.1) is 0 Å². The summed E-state index contributed by atoms with van der Waals surface area (Å²) in [5, 5.41) is 8.17. The SMILES string of the molecule is CCCCCCCCN1C(=O)NC2NC(=O)NC21. The third kappa shape index (κ3) is 2.86. The Labute approximate surface area is 107 Å². The highest BCUT2D eigenvalue weighted by Crippen LogP contribution is 2.15. The summed E-state index contributed by atoms with van der Waals surface area (Å²) >= 11 is 0. The van der Waals surface area contributed by atoms with Crippen LogP contribution in [0.2, 0.25) is 0 Å². The summed E-state index contributed by atoms with van der Waals surface area (Å²) in [7, 11) is 0. The summed E-state index contributed by atoms with van der Waals surface area (Å²) in [6, 6.07) is -0.302. The molecule has 2 aliphatic rings. The van der Waals surface area contributed by atoms with Crippen LogP contribution in [0.25, 0.3) is 0 Å². The van der Waals surface area contributed by atoms with Crippen LogP contribution in [0.5, 0.6) is 0 Å². The first kappa shape index (κ1) is 13.0. The molecule has 2 fully saturated rings. The lowest BCUT2D eigenvalue weighted by Crippen LogP contribution is -2.43. The monoisotopic (exact) mass is 254 g/mol. The molecule has 2 heterocycles. The zero-order valence-corrected chi connectivity index (χ0v) is 10.9. The number of hydrogen-bond donors (Lipinski definition) is 3. The van der Waals surface area contributed by atoms with Gasteiger partial charge in [0.25, 0.3) is 0 Å². The van der Waals surface area contributed by atoms with Crippen molar-refractivity contribution < 1.29 is 9.59 Å². The van der Waals surface area contributed by atoms with Crippen LogP contribution >= 0.6 is 0 Å². The molecular weight excluding hydrogens is 232 g/mol. The molecule has 18 heavy (non-hydrogen) atoms. The van der Waals surface area contributed by atoms with Gasteiger partial charge in [-0.1, -0.05) is 39.0 Å². The number of carbonyl (C=O) groups is 2. The van der Waals surface area contributed by atoms with Crippen molar-refractivity contribution in [3.8, 4) is 0 Å². The first-order valence-electron chi connectivity index (χ1n) is 6.86. The topological polar surface area (TPSA) is 73.5 Å². The van der Waals surface area contributed by atoms with Crippen LogP contribution in [0.15, 0.2) is 0 Å². The Kier molecular flexibility index (Phi) is 4.28. The average molecular weight is 254 g/mol. The maximum absolute atomic E-state index is 11.7. The highest BCUT2D eigenvalue weighted by Gasteiger charge is 2.44. The third-order valence-corrected chi connectivity index (χ3v) is 3.51. The molecule has 4 amide bonds. The van der Waals surface area contributed by atoms with Crippen molar-refractivity contribution in [1.82, 2.24) is 20.9 Å². The summed E-state index contributed by atoms with van der Waals surface area (Å²) in [4.78, 5) is 24.6. The van der Waals surface area contributed by atoms with Gasteiger partial charge in [0, 0.05) is 6.54 Å². The van der Waals surface area contributed by atoms with Gasteiger partial charge < -0.3 is 20.9 Å². The fourth-order valence-electron chi connectivity index (χ4n) is 2.50. The van der Waals surface area contributed by atoms with Crippen molar-refractivity contribution in [3.63, 3.8) is 0 Å². The van der Waals surface area contributed by atoms with Crippen molar-refractivity contribution >= 4 is 12.1 Å². The standard InChI is InChI=1S/C12H22N4O2/c1-2-3-4-5-6-7-8-16-10-9(14-12(16)18)13-11(17)15-10/h9-10H,2-8H2,1H3,(H,14,18)(H2,13,15,17). The van der Waals surface area contributed by atoms with Crippen LogP contribution in [0.4, 0.5) is 9.59 Å². The fraction of sp³-hybridized carbons (Fsp3) is 0.833. The molecule has 0 aromatic heterocycles. The van der Waals surface area contributed by atoms with Crippen LogP contribution in [0.1, 0.15) is 45.4 Å². The Morgan fingerprint density at radius 3 is 2.50 bits per heavy atom. The molecule has 0 saturated carbocycles. The number of unbranched alkanes of at least 4 members (excludes halogenated alkanes) is 5. The molecule has 0 aromatic carbocycles. The molecule has 2 saturated heterocycles. The van der Waals surface area contributed by atoms with E-state index in [4.69, 9.17) is 0 Å². The van der Waals surface area contributed by atoms with E-state index in [2.05, 4.69) is 22.9 Å². The molecule has 6 nitrogen and oxygen atoms in total. The Bertz CT molecular complexity index is 321. The first-order chi connectivity index (χ1) is 8.72. The quantitative estimate of drug-likeness (QED) is 0.600. The lowest BCUT2D eigenvalue weighted by atomic mass is 10.1. The molecule has 102 valence electrons. The Balaban J connectivity index is 1.68. The third-order valence-electron chi connectivity index (χ3n) is 3.51. The number of nitrogens with one attached hydrogen (secondary N) is 3. The van der Waals surface area contributed by atoms with Gasteiger partial charge in [0.1, 0.15) is 12.3 Å². The minimum atomic E-state index is -0.273. The molecule has 6 heteroatoms. The van der Waals surface area contributed by atoms with E-state index in [9.17, 15) is 9.59 Å². The average Bonchev–Trinajstić information content (AvgIpc) is 2.80. The fourth-order valence-corrected chi connectivity index (χ4v) is 2.50. The number of amides is 4. The number of carbonyl (C=O) groups excluding carboxylic acids is 2. The van der Waals surface area contributed by atoms with Gasteiger partial charge in [0.2, 0.25) is 0 Å². The number of rotatable bonds is 7. The lowest BCUT2D eigenvalue weighted by molar-refractivity contribution is 0.194. The smallest absolute Gasteiger partial charge is 0.314 e. The van der Waals surface area contributed by atoms with E-state index in [0.717, 1.165) is 12.8 Å². The second kappa shape index (κ2) is 5.93. The van der Waals surface area contributed by atoms with Crippen molar-refractivity contribution in [1.29, 1.82) is 0 Å². The maximum Gasteiger partial charge on any atom is 0.320 e. The van der Waals surface area contributed by atoms with E-state index in [1.807, 2.05) is 0 Å². The summed E-state index contributed by atoms with van der Waals surface area (Å²) in [6.45, 7) is 2.91. The highest BCUT2D eigenvalue weighted by molar-refractivity contribution is 5.84. The first-order valence-corrected chi connectivity index (χ1v) is 6.86. The van der Waals surface area contributed by atoms with Crippen LogP contribution in [0, 0.1) is 0 Å². The summed E-state index contributed by atoms with van der Waals surface area (Å²) in [5.41, 5.74) is 0. The zero-order chi connectivity index (χ0) is 13.0. The Morgan fingerprint density at radius 2 is 1.72 bits per heavy atom. The molecule has 2 atom stereocenters. The van der Waals surface area contributed by atoms with Crippen molar-refractivity contribution in [2.45, 2.75) is 57.8 Å². The van der Waals surface area contributed by atoms with Crippen LogP contribution in [0.3, 0.4) is 0 Å². The predicted octanol–water partition coefficient (Wildman–Crippen LogP) is 1.34. The summed E-state index contributed by atoms with van der Waals surface area (Å²) < 4.78 is 0. The Morgan fingerprint density at radius 1 is 1.00 bits per heavy atom. The van der Waals surface area contributed by atoms with Gasteiger partial charge in [0.15, 0.2) is 0 Å². The largest absolute Gasteiger partial charge is 0.320 e. The normalized spacial score (nSPS) is 25.7. The van der Waals surface area contributed by atoms with Crippen LogP contribution < -0.4 is 16.0 Å². The molecule has 0 aromatic rings. The molecule has 0 aliphatic carbocycles. The molecule has 0 spiro atoms. The van der Waals surface area contributed by atoms with E-state index < -0.39 is 0 Å². The van der Waals surface area contributed by atoms with Gasteiger partial charge >= 0.3 is 12.1 Å². The van der Waals surface area contributed by atoms with E-state index >= 15 is 0 Å². The number of hydrogen-bond acceptors (Lipinski definition) is 2. The van der Waals surface area contributed by atoms with Crippen LogP contribution in [-0.4, -0.2) is 35.8 Å². The van der Waals surface area contributed by atoms with Gasteiger partial charge in [-0.25, -0.2) is 9.59 Å². The van der Waals surface area contributed by atoms with Crippen molar-refractivity contribution in [2.75, 3.05) is 6.54 Å². The van der Waals surface area contributed by atoms with Gasteiger partial charge in [-0.3, -0.25) is 0 Å². The molecule has 2 rings (SSSR count). The van der Waals surface area contributed by atoms with Crippen molar-refractivity contribution in [3.05, 3.63) is 0 Å². The maximum atomic E-state index is 11.7. The summed E-state index contributed by atoms with van der Waals surface area (Å²) in [5.74, 6) is 0. The second-order valence-electron chi connectivity index (χ2n) is 4.95. The number of nitrogens with zero attached hydrogens (tertiary/aromatic N) is 1. The second-order valence-corrected chi connectivity index (χ2v) is 4.95. The molecule has 2 aliphatic heterocycles. The van der Waals surface area contributed by atoms with E-state index in [1.54, 1.807) is 4.90 Å². The predicted molar refractivity (Wildman–Crippen MR) is 67.9 cm³/mol. The minimum absolute atomic E-state index is 0.0916. The van der Waals surface area contributed by atoms with Crippen molar-refractivity contribution in [2.24, 2.45) is 0 Å². The lowest BCUT2D eigenvalue weighted by Gasteiger charge is -2.20. The van der Waals surface area contributed by atoms with Gasteiger partial charge in [-0.2, -0.15) is 0 Å².